The number of aryl methyl sites for hydroxylation is 1. The third kappa shape index (κ3) is 2.09. The first-order valence-electron chi connectivity index (χ1n) is 5.71. The molecule has 5 nitrogen and oxygen atoms in total. The molecule has 3 N–H and O–H groups in total. The smallest absolute Gasteiger partial charge is 0.228 e. The highest BCUT2D eigenvalue weighted by Crippen LogP contribution is 2.31. The maximum Gasteiger partial charge on any atom is 0.228 e. The Balaban J connectivity index is 2.00. The molecule has 1 aliphatic carbocycles. The van der Waals surface area contributed by atoms with E-state index in [9.17, 15) is 4.79 Å². The molecule has 1 aliphatic rings. The van der Waals surface area contributed by atoms with Gasteiger partial charge in [0.15, 0.2) is 0 Å². The molecular formula is C11H18N4O. The van der Waals surface area contributed by atoms with Crippen molar-refractivity contribution in [2.24, 2.45) is 24.6 Å². The number of rotatable bonds is 3. The summed E-state index contributed by atoms with van der Waals surface area (Å²) in [7, 11) is 1.81. The third-order valence-electron chi connectivity index (χ3n) is 3.37. The van der Waals surface area contributed by atoms with Gasteiger partial charge >= 0.3 is 0 Å². The van der Waals surface area contributed by atoms with Gasteiger partial charge in [0.2, 0.25) is 5.91 Å². The van der Waals surface area contributed by atoms with E-state index in [-0.39, 0.29) is 11.8 Å². The molecule has 1 amide bonds. The fourth-order valence-electron chi connectivity index (χ4n) is 2.38. The van der Waals surface area contributed by atoms with Gasteiger partial charge in [-0.05, 0) is 25.3 Å². The largest absolute Gasteiger partial charge is 0.330 e. The SMILES string of the molecule is Cn1nccc1NC(=O)C1CCCC1CN. The van der Waals surface area contributed by atoms with Gasteiger partial charge in [-0.1, -0.05) is 6.42 Å². The summed E-state index contributed by atoms with van der Waals surface area (Å²) in [6, 6.07) is 1.80. The lowest BCUT2D eigenvalue weighted by atomic mass is 9.95. The van der Waals surface area contributed by atoms with Crippen LogP contribution in [-0.4, -0.2) is 22.2 Å². The van der Waals surface area contributed by atoms with Crippen molar-refractivity contribution in [2.75, 3.05) is 11.9 Å². The van der Waals surface area contributed by atoms with E-state index in [2.05, 4.69) is 10.4 Å². The monoisotopic (exact) mass is 222 g/mol. The number of amides is 1. The molecule has 0 aromatic carbocycles. The first kappa shape index (κ1) is 11.1. The zero-order chi connectivity index (χ0) is 11.5. The van der Waals surface area contributed by atoms with E-state index in [4.69, 9.17) is 5.73 Å². The maximum atomic E-state index is 12.0. The Labute approximate surface area is 95.0 Å². The Morgan fingerprint density at radius 2 is 2.50 bits per heavy atom. The molecule has 2 unspecified atom stereocenters. The molecule has 2 atom stereocenters. The first-order valence-corrected chi connectivity index (χ1v) is 5.71. The average molecular weight is 222 g/mol. The molecule has 16 heavy (non-hydrogen) atoms. The number of carbonyl (C=O) groups is 1. The number of aromatic nitrogens is 2. The summed E-state index contributed by atoms with van der Waals surface area (Å²) in [5.41, 5.74) is 5.67. The normalized spacial score (nSPS) is 24.6. The average Bonchev–Trinajstić information content (AvgIpc) is 2.87. The van der Waals surface area contributed by atoms with E-state index in [1.807, 2.05) is 7.05 Å². The second-order valence-electron chi connectivity index (χ2n) is 4.36. The fraction of sp³-hybridized carbons (Fsp3) is 0.636. The zero-order valence-corrected chi connectivity index (χ0v) is 9.52. The van der Waals surface area contributed by atoms with E-state index in [1.54, 1.807) is 16.9 Å². The van der Waals surface area contributed by atoms with Crippen LogP contribution in [0.3, 0.4) is 0 Å². The van der Waals surface area contributed by atoms with Gasteiger partial charge in [-0.25, -0.2) is 0 Å². The minimum absolute atomic E-state index is 0.0694. The lowest BCUT2D eigenvalue weighted by molar-refractivity contribution is -0.120. The summed E-state index contributed by atoms with van der Waals surface area (Å²) >= 11 is 0. The minimum Gasteiger partial charge on any atom is -0.330 e. The Bertz CT molecular complexity index is 374. The highest BCUT2D eigenvalue weighted by Gasteiger charge is 2.32. The summed E-state index contributed by atoms with van der Waals surface area (Å²) in [6.07, 6.45) is 4.79. The van der Waals surface area contributed by atoms with Crippen LogP contribution in [-0.2, 0) is 11.8 Å². The van der Waals surface area contributed by atoms with Gasteiger partial charge in [0.25, 0.3) is 0 Å². The van der Waals surface area contributed by atoms with Crippen LogP contribution in [0.2, 0.25) is 0 Å². The molecule has 0 radical (unpaired) electrons. The van der Waals surface area contributed by atoms with E-state index >= 15 is 0 Å². The van der Waals surface area contributed by atoms with Gasteiger partial charge in [-0.3, -0.25) is 9.48 Å². The standard InChI is InChI=1S/C11H18N4O/c1-15-10(5-6-13-15)14-11(16)9-4-2-3-8(9)7-12/h5-6,8-9H,2-4,7,12H2,1H3,(H,14,16). The van der Waals surface area contributed by atoms with Crippen LogP contribution in [0, 0.1) is 11.8 Å². The number of nitrogens with zero attached hydrogens (tertiary/aromatic N) is 2. The molecule has 5 heteroatoms. The third-order valence-corrected chi connectivity index (χ3v) is 3.37. The molecule has 0 saturated heterocycles. The molecule has 88 valence electrons. The van der Waals surface area contributed by atoms with Gasteiger partial charge < -0.3 is 11.1 Å². The summed E-state index contributed by atoms with van der Waals surface area (Å²) < 4.78 is 1.66. The van der Waals surface area contributed by atoms with Crippen LogP contribution in [0.1, 0.15) is 19.3 Å². The molecule has 0 spiro atoms. The van der Waals surface area contributed by atoms with Gasteiger partial charge in [0.1, 0.15) is 5.82 Å². The van der Waals surface area contributed by atoms with E-state index in [1.165, 1.54) is 0 Å². The summed E-state index contributed by atoms with van der Waals surface area (Å²) in [4.78, 5) is 12.0. The summed E-state index contributed by atoms with van der Waals surface area (Å²) in [5, 5.41) is 6.92. The molecule has 0 aliphatic heterocycles. The van der Waals surface area contributed by atoms with Crippen LogP contribution in [0.15, 0.2) is 12.3 Å². The van der Waals surface area contributed by atoms with Crippen molar-refractivity contribution in [3.8, 4) is 0 Å². The van der Waals surface area contributed by atoms with Crippen molar-refractivity contribution in [3.63, 3.8) is 0 Å². The highest BCUT2D eigenvalue weighted by atomic mass is 16.2. The molecule has 0 bridgehead atoms. The number of hydrogen-bond donors (Lipinski definition) is 2. The van der Waals surface area contributed by atoms with Crippen molar-refractivity contribution < 1.29 is 4.79 Å². The van der Waals surface area contributed by atoms with Crippen LogP contribution < -0.4 is 11.1 Å². The summed E-state index contributed by atoms with van der Waals surface area (Å²) in [5.74, 6) is 1.23. The maximum absolute atomic E-state index is 12.0. The second kappa shape index (κ2) is 4.65. The first-order chi connectivity index (χ1) is 7.72. The Morgan fingerprint density at radius 3 is 3.12 bits per heavy atom. The highest BCUT2D eigenvalue weighted by molar-refractivity contribution is 5.92. The van der Waals surface area contributed by atoms with Crippen LogP contribution in [0.4, 0.5) is 5.82 Å². The number of hydrogen-bond acceptors (Lipinski definition) is 3. The van der Waals surface area contributed by atoms with E-state index < -0.39 is 0 Å². The predicted octanol–water partition coefficient (Wildman–Crippen LogP) is 0.734. The number of nitrogens with two attached hydrogens (primary N) is 1. The lowest BCUT2D eigenvalue weighted by Gasteiger charge is -2.17. The topological polar surface area (TPSA) is 72.9 Å². The van der Waals surface area contributed by atoms with Crippen molar-refractivity contribution >= 4 is 11.7 Å². The molecule has 1 aromatic rings. The second-order valence-corrected chi connectivity index (χ2v) is 4.36. The van der Waals surface area contributed by atoms with Crippen molar-refractivity contribution in [3.05, 3.63) is 12.3 Å². The van der Waals surface area contributed by atoms with Gasteiger partial charge in [-0.2, -0.15) is 5.10 Å². The Hall–Kier alpha value is -1.36. The zero-order valence-electron chi connectivity index (χ0n) is 9.52. The molecule has 1 fully saturated rings. The molecule has 1 heterocycles. The fourth-order valence-corrected chi connectivity index (χ4v) is 2.38. The van der Waals surface area contributed by atoms with Gasteiger partial charge in [0.05, 0.1) is 6.20 Å². The predicted molar refractivity (Wildman–Crippen MR) is 61.7 cm³/mol. The van der Waals surface area contributed by atoms with Crippen LogP contribution in [0.5, 0.6) is 0 Å². The number of carbonyl (C=O) groups excluding carboxylic acids is 1. The molecule has 2 rings (SSSR count). The van der Waals surface area contributed by atoms with Crippen LogP contribution in [0.25, 0.3) is 0 Å². The van der Waals surface area contributed by atoms with Gasteiger partial charge in [-0.15, -0.1) is 0 Å². The number of anilines is 1. The molecular weight excluding hydrogens is 204 g/mol. The molecule has 1 aromatic heterocycles. The number of nitrogens with one attached hydrogen (secondary N) is 1. The Morgan fingerprint density at radius 1 is 1.69 bits per heavy atom. The summed E-state index contributed by atoms with van der Waals surface area (Å²) in [6.45, 7) is 0.601. The van der Waals surface area contributed by atoms with E-state index in [0.717, 1.165) is 25.1 Å². The Kier molecular flexibility index (Phi) is 3.24. The van der Waals surface area contributed by atoms with Crippen molar-refractivity contribution in [1.29, 1.82) is 0 Å². The van der Waals surface area contributed by atoms with Gasteiger partial charge in [0, 0.05) is 19.0 Å². The van der Waals surface area contributed by atoms with Crippen molar-refractivity contribution in [2.45, 2.75) is 19.3 Å². The van der Waals surface area contributed by atoms with Crippen molar-refractivity contribution in [1.82, 2.24) is 9.78 Å². The van der Waals surface area contributed by atoms with Crippen LogP contribution >= 0.6 is 0 Å². The minimum atomic E-state index is 0.0694. The molecule has 1 saturated carbocycles. The quantitative estimate of drug-likeness (QED) is 0.792. The lowest BCUT2D eigenvalue weighted by Crippen LogP contribution is -2.30. The van der Waals surface area contributed by atoms with E-state index in [0.29, 0.717) is 12.5 Å².